The Morgan fingerprint density at radius 3 is 2.83 bits per heavy atom. The van der Waals surface area contributed by atoms with Gasteiger partial charge in [0, 0.05) is 30.7 Å². The molecule has 0 aliphatic carbocycles. The smallest absolute Gasteiger partial charge is 0.221 e. The van der Waals surface area contributed by atoms with Gasteiger partial charge in [-0.25, -0.2) is 0 Å². The van der Waals surface area contributed by atoms with Crippen molar-refractivity contribution in [1.29, 1.82) is 0 Å². The third-order valence-electron chi connectivity index (χ3n) is 2.27. The monoisotopic (exact) mass is 242 g/mol. The summed E-state index contributed by atoms with van der Waals surface area (Å²) in [7, 11) is 0. The van der Waals surface area contributed by atoms with Gasteiger partial charge in [0.1, 0.15) is 0 Å². The molecule has 1 heterocycles. The van der Waals surface area contributed by atoms with Gasteiger partial charge in [-0.1, -0.05) is 6.07 Å². The van der Waals surface area contributed by atoms with Gasteiger partial charge in [0.15, 0.2) is 0 Å². The normalized spacial score (nSPS) is 9.83. The quantitative estimate of drug-likeness (QED) is 0.861. The van der Waals surface area contributed by atoms with Crippen LogP contribution in [-0.4, -0.2) is 15.9 Å². The number of hydrogen-bond donors (Lipinski definition) is 2. The second kappa shape index (κ2) is 5.77. The molecule has 0 radical (unpaired) electrons. The zero-order valence-electron chi connectivity index (χ0n) is 10.1. The number of carbonyl (C=O) groups is 1. The van der Waals surface area contributed by atoms with Gasteiger partial charge in [-0.05, 0) is 18.2 Å². The van der Waals surface area contributed by atoms with Crippen LogP contribution in [0.5, 0.6) is 0 Å². The third-order valence-corrected chi connectivity index (χ3v) is 2.27. The highest BCUT2D eigenvalue weighted by molar-refractivity contribution is 5.89. The predicted molar refractivity (Wildman–Crippen MR) is 70.1 cm³/mol. The Kier molecular flexibility index (Phi) is 3.86. The van der Waals surface area contributed by atoms with Crippen LogP contribution in [0.4, 0.5) is 11.4 Å². The molecular weight excluding hydrogens is 228 g/mol. The topological polar surface area (TPSA) is 66.9 Å². The van der Waals surface area contributed by atoms with Crippen molar-refractivity contribution in [3.8, 4) is 0 Å². The molecule has 1 aromatic heterocycles. The van der Waals surface area contributed by atoms with Crippen LogP contribution < -0.4 is 10.6 Å². The lowest BCUT2D eigenvalue weighted by Gasteiger charge is -2.08. The molecule has 18 heavy (non-hydrogen) atoms. The highest BCUT2D eigenvalue weighted by Gasteiger charge is 1.98. The summed E-state index contributed by atoms with van der Waals surface area (Å²) in [6.07, 6.45) is 5.01. The fraction of sp³-hybridized carbons (Fsp3) is 0.154. The van der Waals surface area contributed by atoms with Crippen LogP contribution in [0.25, 0.3) is 0 Å². The number of amides is 1. The second-order valence-corrected chi connectivity index (χ2v) is 3.81. The molecule has 0 saturated carbocycles. The summed E-state index contributed by atoms with van der Waals surface area (Å²) in [4.78, 5) is 19.1. The Labute approximate surface area is 105 Å². The van der Waals surface area contributed by atoms with E-state index in [2.05, 4.69) is 20.6 Å². The minimum atomic E-state index is -0.0823. The lowest BCUT2D eigenvalue weighted by molar-refractivity contribution is -0.114. The van der Waals surface area contributed by atoms with Crippen LogP contribution in [0.2, 0.25) is 0 Å². The van der Waals surface area contributed by atoms with Crippen molar-refractivity contribution in [1.82, 2.24) is 9.97 Å². The zero-order valence-corrected chi connectivity index (χ0v) is 10.1. The Balaban J connectivity index is 1.99. The molecule has 0 atom stereocenters. The standard InChI is InChI=1S/C13H14N4O/c1-10(18)17-12-4-2-3-11(7-12)16-9-13-8-14-5-6-15-13/h2-8,16H,9H2,1H3,(H,17,18). The average Bonchev–Trinajstić information content (AvgIpc) is 2.37. The first-order chi connectivity index (χ1) is 8.74. The molecule has 2 aromatic rings. The van der Waals surface area contributed by atoms with E-state index in [1.807, 2.05) is 24.3 Å². The molecule has 1 amide bonds. The SMILES string of the molecule is CC(=O)Nc1cccc(NCc2cnccn2)c1. The third kappa shape index (κ3) is 3.55. The maximum atomic E-state index is 11.0. The van der Waals surface area contributed by atoms with Gasteiger partial charge < -0.3 is 10.6 Å². The summed E-state index contributed by atoms with van der Waals surface area (Å²) < 4.78 is 0. The first-order valence-corrected chi connectivity index (χ1v) is 5.60. The number of benzene rings is 1. The lowest BCUT2D eigenvalue weighted by atomic mass is 10.2. The Morgan fingerprint density at radius 1 is 1.28 bits per heavy atom. The van der Waals surface area contributed by atoms with Crippen LogP contribution in [0.15, 0.2) is 42.9 Å². The Bertz CT molecular complexity index is 528. The van der Waals surface area contributed by atoms with E-state index < -0.39 is 0 Å². The van der Waals surface area contributed by atoms with Gasteiger partial charge in [-0.15, -0.1) is 0 Å². The van der Waals surface area contributed by atoms with Gasteiger partial charge in [-0.3, -0.25) is 14.8 Å². The van der Waals surface area contributed by atoms with Gasteiger partial charge in [0.05, 0.1) is 18.4 Å². The maximum absolute atomic E-state index is 11.0. The van der Waals surface area contributed by atoms with Crippen molar-refractivity contribution < 1.29 is 4.79 Å². The Morgan fingerprint density at radius 2 is 2.11 bits per heavy atom. The van der Waals surface area contributed by atoms with Crippen molar-refractivity contribution in [2.45, 2.75) is 13.5 Å². The summed E-state index contributed by atoms with van der Waals surface area (Å²) in [5, 5.41) is 5.96. The predicted octanol–water partition coefficient (Wildman–Crippen LogP) is 2.05. The molecule has 0 fully saturated rings. The number of rotatable bonds is 4. The summed E-state index contributed by atoms with van der Waals surface area (Å²) in [5.41, 5.74) is 2.56. The number of nitrogens with zero attached hydrogens (tertiary/aromatic N) is 2. The van der Waals surface area contributed by atoms with Crippen molar-refractivity contribution in [3.63, 3.8) is 0 Å². The molecule has 0 aliphatic rings. The molecule has 5 nitrogen and oxygen atoms in total. The number of anilines is 2. The molecule has 2 rings (SSSR count). The summed E-state index contributed by atoms with van der Waals surface area (Å²) in [6.45, 7) is 2.08. The molecular formula is C13H14N4O. The lowest BCUT2D eigenvalue weighted by Crippen LogP contribution is -2.06. The number of hydrogen-bond acceptors (Lipinski definition) is 4. The molecule has 92 valence electrons. The van der Waals surface area contributed by atoms with Crippen LogP contribution in [0.3, 0.4) is 0 Å². The van der Waals surface area contributed by atoms with Gasteiger partial charge >= 0.3 is 0 Å². The van der Waals surface area contributed by atoms with E-state index in [1.165, 1.54) is 6.92 Å². The fourth-order valence-corrected chi connectivity index (χ4v) is 1.52. The first-order valence-electron chi connectivity index (χ1n) is 5.60. The van der Waals surface area contributed by atoms with Gasteiger partial charge in [0.2, 0.25) is 5.91 Å². The zero-order chi connectivity index (χ0) is 12.8. The van der Waals surface area contributed by atoms with E-state index in [1.54, 1.807) is 18.6 Å². The molecule has 2 N–H and O–H groups in total. The number of carbonyl (C=O) groups excluding carboxylic acids is 1. The van der Waals surface area contributed by atoms with Crippen molar-refractivity contribution in [3.05, 3.63) is 48.5 Å². The van der Waals surface area contributed by atoms with E-state index in [0.717, 1.165) is 17.1 Å². The van der Waals surface area contributed by atoms with Gasteiger partial charge in [0.25, 0.3) is 0 Å². The van der Waals surface area contributed by atoms with E-state index in [-0.39, 0.29) is 5.91 Å². The molecule has 1 aromatic carbocycles. The van der Waals surface area contributed by atoms with Crippen molar-refractivity contribution in [2.75, 3.05) is 10.6 Å². The van der Waals surface area contributed by atoms with Crippen LogP contribution in [0, 0.1) is 0 Å². The van der Waals surface area contributed by atoms with E-state index in [0.29, 0.717) is 6.54 Å². The van der Waals surface area contributed by atoms with E-state index in [9.17, 15) is 4.79 Å². The first kappa shape index (κ1) is 12.0. The molecule has 0 aliphatic heterocycles. The second-order valence-electron chi connectivity index (χ2n) is 3.81. The van der Waals surface area contributed by atoms with Crippen LogP contribution in [0.1, 0.15) is 12.6 Å². The number of nitrogens with one attached hydrogen (secondary N) is 2. The van der Waals surface area contributed by atoms with Crippen molar-refractivity contribution >= 4 is 17.3 Å². The molecule has 0 unspecified atom stereocenters. The maximum Gasteiger partial charge on any atom is 0.221 e. The van der Waals surface area contributed by atoms with Gasteiger partial charge in [-0.2, -0.15) is 0 Å². The fourth-order valence-electron chi connectivity index (χ4n) is 1.52. The minimum Gasteiger partial charge on any atom is -0.379 e. The number of aromatic nitrogens is 2. The molecule has 0 saturated heterocycles. The van der Waals surface area contributed by atoms with Crippen LogP contribution >= 0.6 is 0 Å². The highest BCUT2D eigenvalue weighted by Crippen LogP contribution is 2.15. The largest absolute Gasteiger partial charge is 0.379 e. The highest BCUT2D eigenvalue weighted by atomic mass is 16.1. The van der Waals surface area contributed by atoms with Crippen molar-refractivity contribution in [2.24, 2.45) is 0 Å². The summed E-state index contributed by atoms with van der Waals surface area (Å²) in [6, 6.07) is 7.53. The molecule has 0 bridgehead atoms. The summed E-state index contributed by atoms with van der Waals surface area (Å²) in [5.74, 6) is -0.0823. The average molecular weight is 242 g/mol. The van der Waals surface area contributed by atoms with E-state index >= 15 is 0 Å². The molecule has 0 spiro atoms. The minimum absolute atomic E-state index is 0.0823. The van der Waals surface area contributed by atoms with Crippen LogP contribution in [-0.2, 0) is 11.3 Å². The molecule has 5 heteroatoms. The Hall–Kier alpha value is -2.43. The summed E-state index contributed by atoms with van der Waals surface area (Å²) >= 11 is 0. The van der Waals surface area contributed by atoms with E-state index in [4.69, 9.17) is 0 Å².